The highest BCUT2D eigenvalue weighted by Crippen LogP contribution is 2.39. The van der Waals surface area contributed by atoms with Gasteiger partial charge in [-0.2, -0.15) is 0 Å². The van der Waals surface area contributed by atoms with Crippen molar-refractivity contribution >= 4 is 21.6 Å². The van der Waals surface area contributed by atoms with Gasteiger partial charge < -0.3 is 0 Å². The van der Waals surface area contributed by atoms with Crippen LogP contribution in [-0.2, 0) is 10.0 Å². The zero-order valence-corrected chi connectivity index (χ0v) is 11.3. The third-order valence-corrected chi connectivity index (χ3v) is 4.89. The van der Waals surface area contributed by atoms with Crippen LogP contribution in [0, 0.1) is 5.92 Å². The number of sulfonamides is 1. The van der Waals surface area contributed by atoms with Gasteiger partial charge in [-0.05, 0) is 44.7 Å². The van der Waals surface area contributed by atoms with Gasteiger partial charge in [-0.1, -0.05) is 11.6 Å². The van der Waals surface area contributed by atoms with E-state index in [0.29, 0.717) is 5.92 Å². The number of nitrogens with one attached hydrogen (secondary N) is 1. The zero-order valence-electron chi connectivity index (χ0n) is 9.77. The van der Waals surface area contributed by atoms with Crippen molar-refractivity contribution in [1.29, 1.82) is 0 Å². The van der Waals surface area contributed by atoms with Crippen LogP contribution in [-0.4, -0.2) is 18.9 Å². The Kier molecular flexibility index (Phi) is 3.18. The molecule has 94 valence electrons. The van der Waals surface area contributed by atoms with Crippen molar-refractivity contribution in [3.63, 3.8) is 0 Å². The van der Waals surface area contributed by atoms with E-state index < -0.39 is 15.6 Å². The molecule has 0 radical (unpaired) electrons. The summed E-state index contributed by atoms with van der Waals surface area (Å²) in [6, 6.07) is 2.93. The molecule has 0 unspecified atom stereocenters. The van der Waals surface area contributed by atoms with E-state index in [1.165, 1.54) is 18.3 Å². The van der Waals surface area contributed by atoms with Crippen LogP contribution in [0.25, 0.3) is 0 Å². The average molecular weight is 275 g/mol. The lowest BCUT2D eigenvalue weighted by atomic mass is 10.0. The fraction of sp³-hybridized carbons (Fsp3) is 0.545. The van der Waals surface area contributed by atoms with Gasteiger partial charge in [0.05, 0.1) is 0 Å². The van der Waals surface area contributed by atoms with Crippen LogP contribution in [0.5, 0.6) is 0 Å². The van der Waals surface area contributed by atoms with E-state index in [-0.39, 0.29) is 10.0 Å². The number of hydrogen-bond acceptors (Lipinski definition) is 3. The molecule has 1 aliphatic carbocycles. The second-order valence-electron chi connectivity index (χ2n) is 4.92. The van der Waals surface area contributed by atoms with Gasteiger partial charge in [-0.3, -0.25) is 0 Å². The summed E-state index contributed by atoms with van der Waals surface area (Å²) in [5.74, 6) is 0.428. The standard InChI is InChI=1S/C11H15ClN2O2S/c1-11(2,8-3-4-8)14-17(15,16)9-5-6-10(12)13-7-9/h5-8,14H,3-4H2,1-2H3. The van der Waals surface area contributed by atoms with Crippen molar-refractivity contribution in [2.24, 2.45) is 5.92 Å². The minimum atomic E-state index is -3.51. The highest BCUT2D eigenvalue weighted by atomic mass is 35.5. The molecule has 1 fully saturated rings. The number of nitrogens with zero attached hydrogens (tertiary/aromatic N) is 1. The van der Waals surface area contributed by atoms with E-state index in [9.17, 15) is 8.42 Å². The van der Waals surface area contributed by atoms with Gasteiger partial charge in [0.25, 0.3) is 0 Å². The third kappa shape index (κ3) is 2.97. The molecule has 0 aliphatic heterocycles. The summed E-state index contributed by atoms with van der Waals surface area (Å²) in [6.45, 7) is 3.82. The van der Waals surface area contributed by atoms with Gasteiger partial charge in [-0.25, -0.2) is 18.1 Å². The first-order chi connectivity index (χ1) is 7.81. The lowest BCUT2D eigenvalue weighted by Gasteiger charge is -2.25. The normalized spacial score (nSPS) is 17.1. The second kappa shape index (κ2) is 4.23. The Bertz CT molecular complexity index is 507. The molecule has 0 amide bonds. The molecular formula is C11H15ClN2O2S. The van der Waals surface area contributed by atoms with E-state index in [2.05, 4.69) is 9.71 Å². The maximum absolute atomic E-state index is 12.1. The minimum Gasteiger partial charge on any atom is -0.243 e. The van der Waals surface area contributed by atoms with Crippen LogP contribution in [0.15, 0.2) is 23.2 Å². The molecule has 0 bridgehead atoms. The van der Waals surface area contributed by atoms with Gasteiger partial charge in [0, 0.05) is 11.7 Å². The number of rotatable bonds is 4. The smallest absolute Gasteiger partial charge is 0.242 e. The molecule has 17 heavy (non-hydrogen) atoms. The van der Waals surface area contributed by atoms with Crippen LogP contribution in [0.4, 0.5) is 0 Å². The minimum absolute atomic E-state index is 0.149. The SMILES string of the molecule is CC(C)(NS(=O)(=O)c1ccc(Cl)nc1)C1CC1. The molecule has 4 nitrogen and oxygen atoms in total. The van der Waals surface area contributed by atoms with Gasteiger partial charge in [-0.15, -0.1) is 0 Å². The molecule has 1 aliphatic rings. The first kappa shape index (κ1) is 12.8. The molecule has 2 rings (SSSR count). The molecule has 6 heteroatoms. The Balaban J connectivity index is 2.21. The maximum atomic E-state index is 12.1. The molecule has 1 saturated carbocycles. The Labute approximate surface area is 106 Å². The molecular weight excluding hydrogens is 260 g/mol. The molecule has 1 aromatic rings. The van der Waals surface area contributed by atoms with Crippen LogP contribution >= 0.6 is 11.6 Å². The first-order valence-corrected chi connectivity index (χ1v) is 7.33. The Morgan fingerprint density at radius 3 is 2.53 bits per heavy atom. The zero-order chi connectivity index (χ0) is 12.7. The topological polar surface area (TPSA) is 59.1 Å². The molecule has 1 aromatic heterocycles. The van der Waals surface area contributed by atoms with Crippen molar-refractivity contribution in [2.45, 2.75) is 37.1 Å². The quantitative estimate of drug-likeness (QED) is 0.857. The van der Waals surface area contributed by atoms with Gasteiger partial charge in [0.2, 0.25) is 10.0 Å². The summed E-state index contributed by atoms with van der Waals surface area (Å²) < 4.78 is 26.9. The van der Waals surface area contributed by atoms with Crippen molar-refractivity contribution < 1.29 is 8.42 Å². The molecule has 1 N–H and O–H groups in total. The predicted molar refractivity (Wildman–Crippen MR) is 66.4 cm³/mol. The second-order valence-corrected chi connectivity index (χ2v) is 6.99. The summed E-state index contributed by atoms with van der Waals surface area (Å²) in [6.07, 6.45) is 3.43. The number of halogens is 1. The monoisotopic (exact) mass is 274 g/mol. The summed E-state index contributed by atoms with van der Waals surface area (Å²) in [5.41, 5.74) is -0.404. The summed E-state index contributed by atoms with van der Waals surface area (Å²) in [7, 11) is -3.51. The van der Waals surface area contributed by atoms with Gasteiger partial charge in [0.1, 0.15) is 10.0 Å². The highest BCUT2D eigenvalue weighted by Gasteiger charge is 2.40. The molecule has 0 saturated heterocycles. The number of hydrogen-bond donors (Lipinski definition) is 1. The highest BCUT2D eigenvalue weighted by molar-refractivity contribution is 7.89. The van der Waals surface area contributed by atoms with E-state index >= 15 is 0 Å². The largest absolute Gasteiger partial charge is 0.243 e. The summed E-state index contributed by atoms with van der Waals surface area (Å²) >= 11 is 5.63. The van der Waals surface area contributed by atoms with Crippen LogP contribution in [0.1, 0.15) is 26.7 Å². The van der Waals surface area contributed by atoms with Crippen molar-refractivity contribution in [3.05, 3.63) is 23.5 Å². The Hall–Kier alpha value is -0.650. The van der Waals surface area contributed by atoms with Gasteiger partial charge in [0.15, 0.2) is 0 Å². The van der Waals surface area contributed by atoms with Crippen LogP contribution < -0.4 is 4.72 Å². The average Bonchev–Trinajstić information content (AvgIpc) is 2.99. The van der Waals surface area contributed by atoms with E-state index in [1.54, 1.807) is 0 Å². The fourth-order valence-electron chi connectivity index (χ4n) is 1.81. The molecule has 0 aromatic carbocycles. The van der Waals surface area contributed by atoms with E-state index in [1.807, 2.05) is 13.8 Å². The number of pyridine rings is 1. The van der Waals surface area contributed by atoms with Crippen molar-refractivity contribution in [3.8, 4) is 0 Å². The lowest BCUT2D eigenvalue weighted by molar-refractivity contribution is 0.400. The maximum Gasteiger partial charge on any atom is 0.242 e. The molecule has 1 heterocycles. The Morgan fingerprint density at radius 2 is 2.06 bits per heavy atom. The fourth-order valence-corrected chi connectivity index (χ4v) is 3.34. The van der Waals surface area contributed by atoms with Crippen LogP contribution in [0.3, 0.4) is 0 Å². The summed E-state index contributed by atoms with van der Waals surface area (Å²) in [5, 5.41) is 0.283. The van der Waals surface area contributed by atoms with Crippen molar-refractivity contribution in [1.82, 2.24) is 9.71 Å². The molecule has 0 atom stereocenters. The van der Waals surface area contributed by atoms with Crippen LogP contribution in [0.2, 0.25) is 5.15 Å². The molecule has 0 spiro atoms. The predicted octanol–water partition coefficient (Wildman–Crippen LogP) is 2.20. The number of aromatic nitrogens is 1. The third-order valence-electron chi connectivity index (χ3n) is 3.01. The van der Waals surface area contributed by atoms with Crippen molar-refractivity contribution in [2.75, 3.05) is 0 Å². The first-order valence-electron chi connectivity index (χ1n) is 5.47. The summed E-state index contributed by atoms with van der Waals surface area (Å²) in [4.78, 5) is 3.93. The van der Waals surface area contributed by atoms with E-state index in [4.69, 9.17) is 11.6 Å². The van der Waals surface area contributed by atoms with Gasteiger partial charge >= 0.3 is 0 Å². The van der Waals surface area contributed by atoms with E-state index in [0.717, 1.165) is 12.8 Å². The lowest BCUT2D eigenvalue weighted by Crippen LogP contribution is -2.45. The Morgan fingerprint density at radius 1 is 1.41 bits per heavy atom.